The minimum absolute atomic E-state index is 0.0196. The summed E-state index contributed by atoms with van der Waals surface area (Å²) in [5, 5.41) is 2.98. The molecule has 4 nitrogen and oxygen atoms in total. The van der Waals surface area contributed by atoms with Crippen LogP contribution in [-0.4, -0.2) is 32.3 Å². The average molecular weight is 363 g/mol. The molecule has 0 saturated carbocycles. The van der Waals surface area contributed by atoms with Crippen LogP contribution in [0, 0.1) is 18.8 Å². The van der Waals surface area contributed by atoms with Crippen LogP contribution in [0.5, 0.6) is 5.75 Å². The van der Waals surface area contributed by atoms with Crippen LogP contribution in [-0.2, 0) is 14.9 Å². The molecule has 1 fully saturated rings. The summed E-state index contributed by atoms with van der Waals surface area (Å²) < 4.78 is 11.1. The molecule has 1 N–H and O–H groups in total. The fourth-order valence-electron chi connectivity index (χ4n) is 3.36. The van der Waals surface area contributed by atoms with Gasteiger partial charge in [0.05, 0.1) is 12.0 Å². The van der Waals surface area contributed by atoms with Crippen molar-refractivity contribution in [2.45, 2.75) is 25.2 Å². The normalized spacial score (nSPS) is 15.3. The Balaban J connectivity index is 1.55. The summed E-state index contributed by atoms with van der Waals surface area (Å²) in [7, 11) is 0. The number of hydrogen-bond acceptors (Lipinski definition) is 3. The Morgan fingerprint density at radius 3 is 2.52 bits per heavy atom. The van der Waals surface area contributed by atoms with Gasteiger partial charge in [-0.1, -0.05) is 60.4 Å². The predicted octanol–water partition coefficient (Wildman–Crippen LogP) is 3.24. The summed E-state index contributed by atoms with van der Waals surface area (Å²) >= 11 is 0. The molecule has 3 rings (SSSR count). The monoisotopic (exact) mass is 363 g/mol. The first-order chi connectivity index (χ1) is 13.2. The van der Waals surface area contributed by atoms with Gasteiger partial charge in [-0.05, 0) is 37.0 Å². The van der Waals surface area contributed by atoms with Gasteiger partial charge in [-0.2, -0.15) is 0 Å². The molecule has 27 heavy (non-hydrogen) atoms. The van der Waals surface area contributed by atoms with E-state index in [4.69, 9.17) is 9.47 Å². The van der Waals surface area contributed by atoms with Gasteiger partial charge in [0.2, 0.25) is 5.91 Å². The minimum Gasteiger partial charge on any atom is -0.481 e. The van der Waals surface area contributed by atoms with Crippen molar-refractivity contribution in [2.75, 3.05) is 26.4 Å². The van der Waals surface area contributed by atoms with Crippen LogP contribution < -0.4 is 10.1 Å². The molecule has 1 heterocycles. The molecule has 1 amide bonds. The molecule has 1 saturated heterocycles. The molecule has 0 bridgehead atoms. The van der Waals surface area contributed by atoms with Crippen LogP contribution >= 0.6 is 0 Å². The summed E-state index contributed by atoms with van der Waals surface area (Å²) in [6, 6.07) is 17.8. The van der Waals surface area contributed by atoms with Crippen LogP contribution in [0.1, 0.15) is 24.0 Å². The van der Waals surface area contributed by atoms with E-state index in [0.717, 1.165) is 16.9 Å². The van der Waals surface area contributed by atoms with E-state index < -0.39 is 5.41 Å². The highest BCUT2D eigenvalue weighted by atomic mass is 16.5. The Labute approximate surface area is 160 Å². The number of carbonyl (C=O) groups is 1. The summed E-state index contributed by atoms with van der Waals surface area (Å²) in [4.78, 5) is 13.0. The summed E-state index contributed by atoms with van der Waals surface area (Å²) in [6.07, 6.45) is 1.37. The first-order valence-electron chi connectivity index (χ1n) is 9.28. The third kappa shape index (κ3) is 4.69. The molecule has 0 radical (unpaired) electrons. The molecule has 140 valence electrons. The van der Waals surface area contributed by atoms with Gasteiger partial charge >= 0.3 is 0 Å². The molecule has 0 atom stereocenters. The molecule has 1 aliphatic rings. The van der Waals surface area contributed by atoms with Crippen LogP contribution in [0.3, 0.4) is 0 Å². The second-order valence-electron chi connectivity index (χ2n) is 6.65. The molecule has 2 aromatic carbocycles. The van der Waals surface area contributed by atoms with Crippen LogP contribution in [0.25, 0.3) is 0 Å². The smallest absolute Gasteiger partial charge is 0.231 e. The van der Waals surface area contributed by atoms with E-state index in [-0.39, 0.29) is 5.91 Å². The van der Waals surface area contributed by atoms with Crippen molar-refractivity contribution in [3.63, 3.8) is 0 Å². The zero-order valence-corrected chi connectivity index (χ0v) is 15.7. The Hall–Kier alpha value is -2.77. The second kappa shape index (κ2) is 9.25. The second-order valence-corrected chi connectivity index (χ2v) is 6.65. The molecule has 0 spiro atoms. The van der Waals surface area contributed by atoms with Crippen molar-refractivity contribution in [1.82, 2.24) is 5.32 Å². The number of hydrogen-bond donors (Lipinski definition) is 1. The quantitative estimate of drug-likeness (QED) is 0.830. The number of amides is 1. The van der Waals surface area contributed by atoms with Gasteiger partial charge in [0.25, 0.3) is 0 Å². The Kier molecular flexibility index (Phi) is 6.51. The van der Waals surface area contributed by atoms with Crippen molar-refractivity contribution in [3.8, 4) is 17.6 Å². The van der Waals surface area contributed by atoms with E-state index in [1.54, 1.807) is 0 Å². The number of ether oxygens (including phenoxy) is 2. The number of para-hydroxylation sites is 1. The van der Waals surface area contributed by atoms with Crippen molar-refractivity contribution in [2.24, 2.45) is 0 Å². The lowest BCUT2D eigenvalue weighted by molar-refractivity contribution is -0.130. The highest BCUT2D eigenvalue weighted by Gasteiger charge is 2.41. The summed E-state index contributed by atoms with van der Waals surface area (Å²) in [5.74, 6) is 6.79. The number of benzene rings is 2. The van der Waals surface area contributed by atoms with Gasteiger partial charge in [-0.3, -0.25) is 4.79 Å². The lowest BCUT2D eigenvalue weighted by atomic mass is 9.73. The van der Waals surface area contributed by atoms with Gasteiger partial charge in [-0.15, -0.1) is 0 Å². The molecule has 0 aliphatic carbocycles. The standard InChI is InChI=1S/C23H25NO3/c1-19-9-5-6-12-21(19)27-16-8-7-15-24-22(25)23(13-17-26-18-14-23)20-10-3-2-4-11-20/h2-6,9-12H,13-18H2,1H3,(H,24,25). The van der Waals surface area contributed by atoms with Gasteiger partial charge < -0.3 is 14.8 Å². The van der Waals surface area contributed by atoms with Gasteiger partial charge in [-0.25, -0.2) is 0 Å². The van der Waals surface area contributed by atoms with Crippen molar-refractivity contribution in [1.29, 1.82) is 0 Å². The third-order valence-electron chi connectivity index (χ3n) is 4.96. The maximum absolute atomic E-state index is 13.0. The first-order valence-corrected chi connectivity index (χ1v) is 9.28. The van der Waals surface area contributed by atoms with E-state index >= 15 is 0 Å². The first kappa shape index (κ1) is 19.0. The van der Waals surface area contributed by atoms with Gasteiger partial charge in [0.1, 0.15) is 12.4 Å². The highest BCUT2D eigenvalue weighted by Crippen LogP contribution is 2.35. The summed E-state index contributed by atoms with van der Waals surface area (Å²) in [5.41, 5.74) is 1.59. The van der Waals surface area contributed by atoms with E-state index in [0.29, 0.717) is 39.2 Å². The number of carbonyl (C=O) groups excluding carboxylic acids is 1. The van der Waals surface area contributed by atoms with E-state index in [1.807, 2.05) is 61.5 Å². The number of nitrogens with one attached hydrogen (secondary N) is 1. The third-order valence-corrected chi connectivity index (χ3v) is 4.96. The largest absolute Gasteiger partial charge is 0.481 e. The highest BCUT2D eigenvalue weighted by molar-refractivity contribution is 5.88. The van der Waals surface area contributed by atoms with Crippen molar-refractivity contribution < 1.29 is 14.3 Å². The van der Waals surface area contributed by atoms with Crippen LogP contribution in [0.4, 0.5) is 0 Å². The van der Waals surface area contributed by atoms with Gasteiger partial charge in [0.15, 0.2) is 0 Å². The predicted molar refractivity (Wildman–Crippen MR) is 106 cm³/mol. The van der Waals surface area contributed by atoms with E-state index in [2.05, 4.69) is 17.2 Å². The molecule has 0 unspecified atom stereocenters. The fourth-order valence-corrected chi connectivity index (χ4v) is 3.36. The zero-order chi connectivity index (χ0) is 19.0. The molecule has 2 aromatic rings. The average Bonchev–Trinajstić information content (AvgIpc) is 2.72. The molecule has 0 aromatic heterocycles. The fraction of sp³-hybridized carbons (Fsp3) is 0.348. The van der Waals surface area contributed by atoms with Crippen molar-refractivity contribution in [3.05, 3.63) is 65.7 Å². The number of aryl methyl sites for hydroxylation is 1. The summed E-state index contributed by atoms with van der Waals surface area (Å²) in [6.45, 7) is 3.81. The Morgan fingerprint density at radius 2 is 1.78 bits per heavy atom. The number of rotatable bonds is 5. The Bertz CT molecular complexity index is 814. The topological polar surface area (TPSA) is 47.6 Å². The molecular weight excluding hydrogens is 338 g/mol. The maximum atomic E-state index is 13.0. The van der Waals surface area contributed by atoms with Gasteiger partial charge in [0, 0.05) is 13.2 Å². The lowest BCUT2D eigenvalue weighted by Crippen LogP contribution is -2.48. The molecule has 4 heteroatoms. The molecule has 1 aliphatic heterocycles. The SMILES string of the molecule is Cc1ccccc1OCC#CCNC(=O)C1(c2ccccc2)CCOCC1. The Morgan fingerprint density at radius 1 is 1.07 bits per heavy atom. The lowest BCUT2D eigenvalue weighted by Gasteiger charge is -2.36. The zero-order valence-electron chi connectivity index (χ0n) is 15.7. The molecular formula is C23H25NO3. The van der Waals surface area contributed by atoms with E-state index in [1.165, 1.54) is 0 Å². The maximum Gasteiger partial charge on any atom is 0.231 e. The van der Waals surface area contributed by atoms with E-state index in [9.17, 15) is 4.79 Å². The van der Waals surface area contributed by atoms with Crippen LogP contribution in [0.15, 0.2) is 54.6 Å². The van der Waals surface area contributed by atoms with Crippen LogP contribution in [0.2, 0.25) is 0 Å². The van der Waals surface area contributed by atoms with Crippen molar-refractivity contribution >= 4 is 5.91 Å². The minimum atomic E-state index is -0.529.